The average Bonchev–Trinajstić information content (AvgIpc) is 3.06. The summed E-state index contributed by atoms with van der Waals surface area (Å²) in [6.45, 7) is 4.18. The molecule has 6 atom stereocenters. The van der Waals surface area contributed by atoms with E-state index in [4.69, 9.17) is 4.74 Å². The maximum absolute atomic E-state index is 14.2. The number of carbonyl (C=O) groups is 3. The first-order valence-corrected chi connectivity index (χ1v) is 11.4. The molecule has 5 aliphatic carbocycles. The zero-order valence-corrected chi connectivity index (χ0v) is 17.3. The van der Waals surface area contributed by atoms with E-state index < -0.39 is 22.4 Å². The van der Waals surface area contributed by atoms with Crippen molar-refractivity contribution in [3.63, 3.8) is 0 Å². The van der Waals surface area contributed by atoms with Gasteiger partial charge in [0, 0.05) is 17.4 Å². The Hall–Kier alpha value is -1.91. The van der Waals surface area contributed by atoms with Gasteiger partial charge in [-0.1, -0.05) is 38.8 Å². The molecule has 0 aromatic carbocycles. The van der Waals surface area contributed by atoms with Gasteiger partial charge in [-0.2, -0.15) is 0 Å². The van der Waals surface area contributed by atoms with Crippen LogP contribution in [0.1, 0.15) is 71.6 Å². The van der Waals surface area contributed by atoms with E-state index in [1.807, 2.05) is 12.2 Å². The topological polar surface area (TPSA) is 80.7 Å². The van der Waals surface area contributed by atoms with E-state index >= 15 is 0 Å². The summed E-state index contributed by atoms with van der Waals surface area (Å²) in [5.74, 6) is -1.54. The number of aliphatic carboxylic acids is 1. The second-order valence-corrected chi connectivity index (χ2v) is 9.70. The Morgan fingerprint density at radius 1 is 1.21 bits per heavy atom. The number of allylic oxidation sites excluding steroid dienone is 2. The van der Waals surface area contributed by atoms with Gasteiger partial charge in [0.25, 0.3) is 0 Å². The molecule has 1 saturated heterocycles. The van der Waals surface area contributed by atoms with Crippen molar-refractivity contribution in [1.82, 2.24) is 0 Å². The fraction of sp³-hybridized carbons (Fsp3) is 0.708. The van der Waals surface area contributed by atoms with E-state index in [9.17, 15) is 19.5 Å². The van der Waals surface area contributed by atoms with Crippen LogP contribution < -0.4 is 0 Å². The first-order chi connectivity index (χ1) is 13.9. The van der Waals surface area contributed by atoms with Gasteiger partial charge in [0.1, 0.15) is 11.0 Å². The van der Waals surface area contributed by atoms with Gasteiger partial charge in [-0.15, -0.1) is 0 Å². The minimum atomic E-state index is -1.18. The molecule has 156 valence electrons. The van der Waals surface area contributed by atoms with Crippen LogP contribution in [-0.4, -0.2) is 28.4 Å². The van der Waals surface area contributed by atoms with Crippen molar-refractivity contribution in [1.29, 1.82) is 0 Å². The number of hydrogen-bond acceptors (Lipinski definition) is 4. The summed E-state index contributed by atoms with van der Waals surface area (Å²) in [6, 6.07) is 0. The quantitative estimate of drug-likeness (QED) is 0.702. The number of rotatable bonds is 5. The summed E-state index contributed by atoms with van der Waals surface area (Å²) in [6.07, 6.45) is 11.0. The summed E-state index contributed by atoms with van der Waals surface area (Å²) in [7, 11) is 0. The minimum absolute atomic E-state index is 0.0168. The van der Waals surface area contributed by atoms with Gasteiger partial charge in [-0.25, -0.2) is 9.59 Å². The third-order valence-corrected chi connectivity index (χ3v) is 8.85. The standard InChI is InChI=1S/C24H30O5/c1-3-7-15-14-10-12-23(18(13-14)20(26)27)19(25)16(8-4-2)22-11-6-5-9-17(22)21(28)29-24(15,22)23/h9,13-16H,3-8,10-12H2,1-2H3,(H,26,27)/t14-,15-,16+,22-,23+,24+/m1/s1. The lowest BCUT2D eigenvalue weighted by atomic mass is 9.43. The molecule has 6 rings (SSSR count). The van der Waals surface area contributed by atoms with Crippen LogP contribution in [0, 0.1) is 28.6 Å². The Balaban J connectivity index is 1.88. The maximum Gasteiger partial charge on any atom is 0.335 e. The van der Waals surface area contributed by atoms with Gasteiger partial charge < -0.3 is 9.84 Å². The Morgan fingerprint density at radius 3 is 2.66 bits per heavy atom. The summed E-state index contributed by atoms with van der Waals surface area (Å²) < 4.78 is 6.40. The lowest BCUT2D eigenvalue weighted by Crippen LogP contribution is -2.67. The monoisotopic (exact) mass is 398 g/mol. The molecule has 5 heteroatoms. The van der Waals surface area contributed by atoms with Gasteiger partial charge in [-0.3, -0.25) is 4.79 Å². The molecule has 5 nitrogen and oxygen atoms in total. The van der Waals surface area contributed by atoms with Crippen molar-refractivity contribution in [2.24, 2.45) is 28.6 Å². The predicted molar refractivity (Wildman–Crippen MR) is 106 cm³/mol. The third kappa shape index (κ3) is 1.82. The second kappa shape index (κ2) is 6.05. The second-order valence-electron chi connectivity index (χ2n) is 9.70. The Labute approximate surface area is 171 Å². The molecule has 0 unspecified atom stereocenters. The number of carboxylic acids is 1. The first kappa shape index (κ1) is 19.1. The molecule has 2 saturated carbocycles. The molecular formula is C24H30O5. The highest BCUT2D eigenvalue weighted by atomic mass is 16.6. The third-order valence-electron chi connectivity index (χ3n) is 8.85. The molecule has 1 aliphatic heterocycles. The van der Waals surface area contributed by atoms with E-state index in [-0.39, 0.29) is 35.1 Å². The van der Waals surface area contributed by atoms with Crippen LogP contribution in [0.25, 0.3) is 0 Å². The van der Waals surface area contributed by atoms with Gasteiger partial charge in [0.15, 0.2) is 5.78 Å². The fourth-order valence-corrected chi connectivity index (χ4v) is 8.27. The Morgan fingerprint density at radius 2 is 1.97 bits per heavy atom. The maximum atomic E-state index is 14.2. The van der Waals surface area contributed by atoms with Crippen molar-refractivity contribution in [2.75, 3.05) is 0 Å². The number of esters is 1. The molecule has 0 radical (unpaired) electrons. The average molecular weight is 398 g/mol. The lowest BCUT2D eigenvalue weighted by molar-refractivity contribution is -0.203. The number of hydrogen-bond donors (Lipinski definition) is 1. The first-order valence-electron chi connectivity index (χ1n) is 11.4. The molecule has 2 bridgehead atoms. The molecule has 1 N–H and O–H groups in total. The van der Waals surface area contributed by atoms with E-state index in [1.54, 1.807) is 0 Å². The number of ketones is 1. The molecule has 1 heterocycles. The number of fused-ring (bicyclic) bond motifs is 1. The van der Waals surface area contributed by atoms with Crippen molar-refractivity contribution >= 4 is 17.7 Å². The number of ether oxygens (including phenoxy) is 1. The van der Waals surface area contributed by atoms with Gasteiger partial charge in [-0.05, 0) is 50.9 Å². The van der Waals surface area contributed by atoms with E-state index in [0.717, 1.165) is 44.9 Å². The SMILES string of the molecule is CCC[C@@H]1[C@H]2C=C(C(=O)O)[C@@]3(CC2)C(=O)[C@H](CCC)[C@]24CCCC=C2C(=O)O[C@]134. The minimum Gasteiger partial charge on any atom is -0.478 e. The Bertz CT molecular complexity index is 868. The summed E-state index contributed by atoms with van der Waals surface area (Å²) >= 11 is 0. The molecular weight excluding hydrogens is 368 g/mol. The molecule has 3 spiro atoms. The van der Waals surface area contributed by atoms with Crippen molar-refractivity contribution < 1.29 is 24.2 Å². The zero-order valence-electron chi connectivity index (χ0n) is 17.3. The molecule has 0 aromatic rings. The molecule has 3 fully saturated rings. The normalized spacial score (nSPS) is 44.6. The molecule has 6 aliphatic rings. The van der Waals surface area contributed by atoms with Crippen molar-refractivity contribution in [3.8, 4) is 0 Å². The van der Waals surface area contributed by atoms with E-state index in [1.165, 1.54) is 0 Å². The molecule has 0 aromatic heterocycles. The summed E-state index contributed by atoms with van der Waals surface area (Å²) in [5, 5.41) is 10.2. The summed E-state index contributed by atoms with van der Waals surface area (Å²) in [4.78, 5) is 39.9. The molecule has 29 heavy (non-hydrogen) atoms. The van der Waals surface area contributed by atoms with Crippen molar-refractivity contribution in [2.45, 2.75) is 77.2 Å². The highest BCUT2D eigenvalue weighted by Gasteiger charge is 2.87. The van der Waals surface area contributed by atoms with Crippen LogP contribution in [0.15, 0.2) is 23.3 Å². The van der Waals surface area contributed by atoms with Crippen LogP contribution in [0.4, 0.5) is 0 Å². The molecule has 0 amide bonds. The smallest absolute Gasteiger partial charge is 0.335 e. The van der Waals surface area contributed by atoms with Crippen LogP contribution in [-0.2, 0) is 19.1 Å². The highest BCUT2D eigenvalue weighted by molar-refractivity contribution is 6.09. The fourth-order valence-electron chi connectivity index (χ4n) is 8.27. The van der Waals surface area contributed by atoms with Gasteiger partial charge in [0.05, 0.1) is 11.0 Å². The van der Waals surface area contributed by atoms with Gasteiger partial charge >= 0.3 is 11.9 Å². The van der Waals surface area contributed by atoms with Crippen LogP contribution in [0.5, 0.6) is 0 Å². The number of Topliss-reactive ketones (excluding diaryl/α,β-unsaturated/α-hetero) is 1. The van der Waals surface area contributed by atoms with Crippen LogP contribution in [0.2, 0.25) is 0 Å². The predicted octanol–water partition coefficient (Wildman–Crippen LogP) is 4.22. The zero-order chi connectivity index (χ0) is 20.6. The highest BCUT2D eigenvalue weighted by Crippen LogP contribution is 2.79. The van der Waals surface area contributed by atoms with E-state index in [2.05, 4.69) is 13.8 Å². The Kier molecular flexibility index (Phi) is 3.98. The van der Waals surface area contributed by atoms with Crippen LogP contribution in [0.3, 0.4) is 0 Å². The van der Waals surface area contributed by atoms with E-state index in [0.29, 0.717) is 18.4 Å². The van der Waals surface area contributed by atoms with Crippen LogP contribution >= 0.6 is 0 Å². The van der Waals surface area contributed by atoms with Gasteiger partial charge in [0.2, 0.25) is 0 Å². The number of carbonyl (C=O) groups excluding carboxylic acids is 2. The largest absolute Gasteiger partial charge is 0.478 e. The lowest BCUT2D eigenvalue weighted by Gasteiger charge is -2.60. The summed E-state index contributed by atoms with van der Waals surface area (Å²) in [5.41, 5.74) is -1.95. The number of carboxylic acid groups (broad SMARTS) is 1. The van der Waals surface area contributed by atoms with Crippen molar-refractivity contribution in [3.05, 3.63) is 23.3 Å².